The maximum atomic E-state index is 11.4. The molecule has 0 aromatic rings. The van der Waals surface area contributed by atoms with E-state index in [2.05, 4.69) is 12.2 Å². The molecule has 21 heavy (non-hydrogen) atoms. The number of hydrogen-bond acceptors (Lipinski definition) is 2. The van der Waals surface area contributed by atoms with Gasteiger partial charge in [0.15, 0.2) is 0 Å². The standard InChI is InChI=1S/C13H25NO2.B5/c1-10-5-7-11(8-6-10)9-14-12(15)16-13(2,3)4;1-4-5(2)3/h10-11H,5-9H2,1-4H3,(H,14,15);. The fraction of sp³-hybridized carbons (Fsp3) is 0.923. The molecule has 0 aromatic carbocycles. The Labute approximate surface area is 135 Å². The largest absolute Gasteiger partial charge is 0.444 e. The molecule has 1 saturated carbocycles. The number of alkyl carbamates (subject to hydrolysis) is 1. The molecule has 0 bridgehead atoms. The zero-order valence-corrected chi connectivity index (χ0v) is 13.9. The van der Waals surface area contributed by atoms with Gasteiger partial charge in [0.05, 0.1) is 0 Å². The van der Waals surface area contributed by atoms with E-state index < -0.39 is 12.0 Å². The molecule has 0 aromatic heterocycles. The Bertz CT molecular complexity index is 289. The van der Waals surface area contributed by atoms with E-state index in [0.717, 1.165) is 12.5 Å². The van der Waals surface area contributed by atoms with Gasteiger partial charge >= 0.3 is 6.09 Å². The van der Waals surface area contributed by atoms with Gasteiger partial charge in [0.25, 0.3) is 0 Å². The van der Waals surface area contributed by atoms with Gasteiger partial charge in [0, 0.05) is 43.2 Å². The molecule has 0 unspecified atom stereocenters. The Balaban J connectivity index is 0.000000690. The highest BCUT2D eigenvalue weighted by molar-refractivity contribution is 7.60. The zero-order valence-electron chi connectivity index (χ0n) is 13.9. The van der Waals surface area contributed by atoms with Gasteiger partial charge in [-0.05, 0) is 45.4 Å². The van der Waals surface area contributed by atoms with Crippen molar-refractivity contribution in [1.82, 2.24) is 5.32 Å². The van der Waals surface area contributed by atoms with Gasteiger partial charge in [-0.15, -0.1) is 0 Å². The first-order valence-corrected chi connectivity index (χ1v) is 7.67. The zero-order chi connectivity index (χ0) is 16.5. The molecule has 1 rings (SSSR count). The van der Waals surface area contributed by atoms with Crippen LogP contribution in [-0.4, -0.2) is 54.9 Å². The molecule has 8 heteroatoms. The average molecular weight is 281 g/mol. The Morgan fingerprint density at radius 2 is 1.76 bits per heavy atom. The van der Waals surface area contributed by atoms with Crippen molar-refractivity contribution in [3.63, 3.8) is 0 Å². The first kappa shape index (κ1) is 20.6. The Morgan fingerprint density at radius 3 is 2.14 bits per heavy atom. The minimum Gasteiger partial charge on any atom is -0.444 e. The van der Waals surface area contributed by atoms with Crippen LogP contribution >= 0.6 is 0 Å². The molecule has 1 N–H and O–H groups in total. The van der Waals surface area contributed by atoms with Crippen molar-refractivity contribution >= 4 is 42.8 Å². The van der Waals surface area contributed by atoms with Gasteiger partial charge in [0.1, 0.15) is 5.60 Å². The van der Waals surface area contributed by atoms with E-state index in [1.807, 2.05) is 20.8 Å². The summed E-state index contributed by atoms with van der Waals surface area (Å²) in [5, 5.41) is 2.86. The molecule has 3 nitrogen and oxygen atoms in total. The molecule has 0 heterocycles. The molecule has 0 atom stereocenters. The van der Waals surface area contributed by atoms with Gasteiger partial charge in [-0.1, -0.05) is 19.8 Å². The number of carbonyl (C=O) groups excluding carboxylic acids is 1. The molecular weight excluding hydrogens is 256 g/mol. The van der Waals surface area contributed by atoms with Crippen LogP contribution in [0.15, 0.2) is 0 Å². The lowest BCUT2D eigenvalue weighted by Gasteiger charge is -2.27. The summed E-state index contributed by atoms with van der Waals surface area (Å²) in [5.74, 6) is 1.50. The maximum absolute atomic E-state index is 11.4. The van der Waals surface area contributed by atoms with Crippen LogP contribution in [-0.2, 0) is 4.74 Å². The number of hydrogen-bond donors (Lipinski definition) is 1. The monoisotopic (exact) mass is 282 g/mol. The highest BCUT2D eigenvalue weighted by Gasteiger charge is 2.20. The lowest BCUT2D eigenvalue weighted by molar-refractivity contribution is 0.0514. The number of rotatable bonds is 3. The molecule has 1 aliphatic carbocycles. The third-order valence-corrected chi connectivity index (χ3v) is 3.29. The maximum Gasteiger partial charge on any atom is 0.407 e. The summed E-state index contributed by atoms with van der Waals surface area (Å²) in [6.07, 6.45) is 4.30. The molecule has 109 valence electrons. The number of ether oxygens (including phenoxy) is 1. The van der Waals surface area contributed by atoms with Crippen LogP contribution in [0.2, 0.25) is 0 Å². The highest BCUT2D eigenvalue weighted by atomic mass is 16.6. The summed E-state index contributed by atoms with van der Waals surface area (Å²) >= 11 is 0. The summed E-state index contributed by atoms with van der Waals surface area (Å²) in [6, 6.07) is 0. The van der Waals surface area contributed by atoms with Crippen LogP contribution in [0.25, 0.3) is 0 Å². The van der Waals surface area contributed by atoms with Crippen LogP contribution in [0.1, 0.15) is 53.4 Å². The van der Waals surface area contributed by atoms with Gasteiger partial charge in [-0.25, -0.2) is 4.79 Å². The molecule has 0 saturated heterocycles. The normalized spacial score (nSPS) is 21.5. The molecule has 1 fully saturated rings. The van der Waals surface area contributed by atoms with E-state index in [0.29, 0.717) is 5.92 Å². The van der Waals surface area contributed by atoms with Gasteiger partial charge in [-0.3, -0.25) is 0 Å². The van der Waals surface area contributed by atoms with E-state index in [-0.39, 0.29) is 6.09 Å². The highest BCUT2D eigenvalue weighted by Crippen LogP contribution is 2.27. The summed E-state index contributed by atoms with van der Waals surface area (Å²) < 4.78 is 5.20. The van der Waals surface area contributed by atoms with E-state index in [1.54, 1.807) is 0 Å². The molecule has 0 spiro atoms. The molecular formula is C13H25B5NO2. The average Bonchev–Trinajstić information content (AvgIpc) is 2.37. The SMILES string of the molecule is CC1CCC(CNC(=O)OC(C)(C)C)CC1.[B][B]B([B])[B]. The second kappa shape index (κ2) is 10.3. The van der Waals surface area contributed by atoms with Gasteiger partial charge in [0.2, 0.25) is 0 Å². The Kier molecular flexibility index (Phi) is 10.1. The van der Waals surface area contributed by atoms with Crippen molar-refractivity contribution in [1.29, 1.82) is 0 Å². The second-order valence-electron chi connectivity index (χ2n) is 6.78. The van der Waals surface area contributed by atoms with Crippen LogP contribution in [0.5, 0.6) is 0 Å². The number of nitrogens with one attached hydrogen (secondary N) is 1. The van der Waals surface area contributed by atoms with Gasteiger partial charge < -0.3 is 10.1 Å². The third kappa shape index (κ3) is 13.0. The fourth-order valence-electron chi connectivity index (χ4n) is 2.08. The first-order chi connectivity index (χ1) is 9.64. The summed E-state index contributed by atoms with van der Waals surface area (Å²) in [6.45, 7) is 8.72. The lowest BCUT2D eigenvalue weighted by Crippen LogP contribution is -2.36. The van der Waals surface area contributed by atoms with Crippen molar-refractivity contribution in [2.24, 2.45) is 11.8 Å². The quantitative estimate of drug-likeness (QED) is 0.795. The van der Waals surface area contributed by atoms with Crippen LogP contribution in [0, 0.1) is 11.8 Å². The van der Waals surface area contributed by atoms with E-state index in [4.69, 9.17) is 27.9 Å². The molecule has 1 aliphatic rings. The summed E-state index contributed by atoms with van der Waals surface area (Å²) in [7, 11) is 15.8. The molecule has 1 amide bonds. The van der Waals surface area contributed by atoms with Crippen molar-refractivity contribution in [2.75, 3.05) is 6.54 Å². The summed E-state index contributed by atoms with van der Waals surface area (Å²) in [5.41, 5.74) is -0.398. The van der Waals surface area contributed by atoms with E-state index in [9.17, 15) is 4.79 Å². The Morgan fingerprint density at radius 1 is 1.29 bits per heavy atom. The molecule has 7 radical (unpaired) electrons. The van der Waals surface area contributed by atoms with Crippen molar-refractivity contribution < 1.29 is 9.53 Å². The van der Waals surface area contributed by atoms with Crippen LogP contribution in [0.4, 0.5) is 4.79 Å². The minimum absolute atomic E-state index is 0.286. The van der Waals surface area contributed by atoms with E-state index in [1.165, 1.54) is 32.7 Å². The lowest BCUT2D eigenvalue weighted by atomic mass is 8.97. The predicted molar refractivity (Wildman–Crippen MR) is 94.1 cm³/mol. The van der Waals surface area contributed by atoms with Crippen LogP contribution < -0.4 is 5.32 Å². The van der Waals surface area contributed by atoms with Crippen molar-refractivity contribution in [3.8, 4) is 0 Å². The summed E-state index contributed by atoms with van der Waals surface area (Å²) in [4.78, 5) is 11.4. The van der Waals surface area contributed by atoms with Crippen molar-refractivity contribution in [2.45, 2.75) is 59.0 Å². The Hall–Kier alpha value is -0.405. The smallest absolute Gasteiger partial charge is 0.407 e. The number of carbonyl (C=O) groups is 1. The predicted octanol–water partition coefficient (Wildman–Crippen LogP) is 1.43. The third-order valence-electron chi connectivity index (χ3n) is 3.29. The minimum atomic E-state index is -0.463. The van der Waals surface area contributed by atoms with Gasteiger partial charge in [-0.2, -0.15) is 0 Å². The molecule has 0 aliphatic heterocycles. The second-order valence-corrected chi connectivity index (χ2v) is 6.78. The van der Waals surface area contributed by atoms with E-state index >= 15 is 0 Å². The number of amides is 1. The van der Waals surface area contributed by atoms with Crippen molar-refractivity contribution in [3.05, 3.63) is 0 Å². The first-order valence-electron chi connectivity index (χ1n) is 7.67. The van der Waals surface area contributed by atoms with Crippen LogP contribution in [0.3, 0.4) is 0 Å². The topological polar surface area (TPSA) is 38.3 Å². The fourth-order valence-corrected chi connectivity index (χ4v) is 2.08.